The summed E-state index contributed by atoms with van der Waals surface area (Å²) in [7, 11) is 0. The number of hydrogen-bond acceptors (Lipinski definition) is 4. The van der Waals surface area contributed by atoms with E-state index < -0.39 is 0 Å². The fourth-order valence-corrected chi connectivity index (χ4v) is 2.54. The van der Waals surface area contributed by atoms with E-state index in [4.69, 9.17) is 10.5 Å². The van der Waals surface area contributed by atoms with Crippen LogP contribution in [0.15, 0.2) is 36.4 Å². The van der Waals surface area contributed by atoms with Gasteiger partial charge in [-0.1, -0.05) is 6.92 Å². The number of carbonyl (C=O) groups is 1. The standard InChI is InChI=1S/C15H18N2O2S/c1-2-13-7-8-14(20-13)15(18)17-9-10-19-12-5-3-11(16)4-6-12/h3-8H,2,9-10,16H2,1H3,(H,17,18). The Bertz CT molecular complexity index is 564. The second-order valence-corrected chi connectivity index (χ2v) is 5.46. The lowest BCUT2D eigenvalue weighted by atomic mass is 10.3. The molecular formula is C15H18N2O2S. The van der Waals surface area contributed by atoms with E-state index in [1.54, 1.807) is 12.1 Å². The predicted molar refractivity (Wildman–Crippen MR) is 82.4 cm³/mol. The van der Waals surface area contributed by atoms with Crippen molar-refractivity contribution in [2.45, 2.75) is 13.3 Å². The lowest BCUT2D eigenvalue weighted by Gasteiger charge is -2.07. The SMILES string of the molecule is CCc1ccc(C(=O)NCCOc2ccc(N)cc2)s1. The zero-order chi connectivity index (χ0) is 14.4. The summed E-state index contributed by atoms with van der Waals surface area (Å²) in [6.45, 7) is 2.98. The summed E-state index contributed by atoms with van der Waals surface area (Å²) >= 11 is 1.53. The van der Waals surface area contributed by atoms with Crippen LogP contribution in [0.3, 0.4) is 0 Å². The van der Waals surface area contributed by atoms with Gasteiger partial charge in [-0.15, -0.1) is 11.3 Å². The van der Waals surface area contributed by atoms with Crippen LogP contribution < -0.4 is 15.8 Å². The Kier molecular flexibility index (Phi) is 5.01. The predicted octanol–water partition coefficient (Wildman–Crippen LogP) is 2.70. The monoisotopic (exact) mass is 290 g/mol. The van der Waals surface area contributed by atoms with Crippen LogP contribution in [0.4, 0.5) is 5.69 Å². The van der Waals surface area contributed by atoms with Gasteiger partial charge < -0.3 is 15.8 Å². The second-order valence-electron chi connectivity index (χ2n) is 4.29. The first-order valence-electron chi connectivity index (χ1n) is 6.54. The summed E-state index contributed by atoms with van der Waals surface area (Å²) in [5.74, 6) is 0.702. The number of rotatable bonds is 6. The fraction of sp³-hybridized carbons (Fsp3) is 0.267. The van der Waals surface area contributed by atoms with Gasteiger partial charge in [-0.3, -0.25) is 4.79 Å². The van der Waals surface area contributed by atoms with E-state index in [1.165, 1.54) is 16.2 Å². The first-order valence-corrected chi connectivity index (χ1v) is 7.36. The van der Waals surface area contributed by atoms with Crippen molar-refractivity contribution in [2.75, 3.05) is 18.9 Å². The van der Waals surface area contributed by atoms with E-state index in [-0.39, 0.29) is 5.91 Å². The summed E-state index contributed by atoms with van der Waals surface area (Å²) in [4.78, 5) is 13.8. The maximum Gasteiger partial charge on any atom is 0.261 e. The lowest BCUT2D eigenvalue weighted by Crippen LogP contribution is -2.27. The Morgan fingerprint density at radius 1 is 1.25 bits per heavy atom. The first kappa shape index (κ1) is 14.4. The lowest BCUT2D eigenvalue weighted by molar-refractivity contribution is 0.0951. The molecule has 0 atom stereocenters. The van der Waals surface area contributed by atoms with E-state index in [1.807, 2.05) is 24.3 Å². The van der Waals surface area contributed by atoms with Gasteiger partial charge in [-0.05, 0) is 42.8 Å². The summed E-state index contributed by atoms with van der Waals surface area (Å²) in [6.07, 6.45) is 0.957. The largest absolute Gasteiger partial charge is 0.492 e. The molecule has 4 nitrogen and oxygen atoms in total. The number of ether oxygens (including phenoxy) is 1. The minimum atomic E-state index is -0.0457. The maximum atomic E-state index is 11.9. The van der Waals surface area contributed by atoms with E-state index in [2.05, 4.69) is 12.2 Å². The van der Waals surface area contributed by atoms with Gasteiger partial charge >= 0.3 is 0 Å². The molecule has 0 bridgehead atoms. The molecule has 106 valence electrons. The van der Waals surface area contributed by atoms with Gasteiger partial charge in [-0.25, -0.2) is 0 Å². The van der Waals surface area contributed by atoms with Crippen LogP contribution in [-0.2, 0) is 6.42 Å². The molecule has 0 fully saturated rings. The molecule has 0 radical (unpaired) electrons. The van der Waals surface area contributed by atoms with Crippen LogP contribution in [0.25, 0.3) is 0 Å². The molecule has 5 heteroatoms. The summed E-state index contributed by atoms with van der Waals surface area (Å²) < 4.78 is 5.51. The first-order chi connectivity index (χ1) is 9.69. The summed E-state index contributed by atoms with van der Waals surface area (Å²) in [5.41, 5.74) is 6.29. The molecule has 0 aliphatic carbocycles. The van der Waals surface area contributed by atoms with Crippen LogP contribution in [0, 0.1) is 0 Å². The third kappa shape index (κ3) is 3.99. The number of carbonyl (C=O) groups excluding carboxylic acids is 1. The Balaban J connectivity index is 1.72. The molecule has 0 aliphatic heterocycles. The third-order valence-corrected chi connectivity index (χ3v) is 4.00. The van der Waals surface area contributed by atoms with Gasteiger partial charge in [0.25, 0.3) is 5.91 Å². The Morgan fingerprint density at radius 2 is 2.00 bits per heavy atom. The van der Waals surface area contributed by atoms with Crippen molar-refractivity contribution >= 4 is 22.9 Å². The molecule has 1 aromatic carbocycles. The van der Waals surface area contributed by atoms with Crippen molar-refractivity contribution in [3.05, 3.63) is 46.2 Å². The number of aryl methyl sites for hydroxylation is 1. The molecule has 0 aliphatic rings. The Hall–Kier alpha value is -2.01. The number of nitrogens with two attached hydrogens (primary N) is 1. The van der Waals surface area contributed by atoms with Gasteiger partial charge in [0.1, 0.15) is 12.4 Å². The number of benzene rings is 1. The number of amides is 1. The highest BCUT2D eigenvalue weighted by molar-refractivity contribution is 7.14. The molecule has 2 aromatic rings. The summed E-state index contributed by atoms with van der Waals surface area (Å²) in [6, 6.07) is 11.0. The van der Waals surface area contributed by atoms with Gasteiger partial charge in [0, 0.05) is 10.6 Å². The van der Waals surface area contributed by atoms with Crippen molar-refractivity contribution in [3.8, 4) is 5.75 Å². The minimum Gasteiger partial charge on any atom is -0.492 e. The highest BCUT2D eigenvalue weighted by Crippen LogP contribution is 2.16. The molecule has 3 N–H and O–H groups in total. The number of thiophene rings is 1. The number of nitrogens with one attached hydrogen (secondary N) is 1. The molecule has 0 unspecified atom stereocenters. The van der Waals surface area contributed by atoms with Crippen molar-refractivity contribution < 1.29 is 9.53 Å². The molecular weight excluding hydrogens is 272 g/mol. The number of hydrogen-bond donors (Lipinski definition) is 2. The molecule has 0 spiro atoms. The van der Waals surface area contributed by atoms with Gasteiger partial charge in [0.2, 0.25) is 0 Å². The average molecular weight is 290 g/mol. The normalized spacial score (nSPS) is 10.2. The smallest absolute Gasteiger partial charge is 0.261 e. The highest BCUT2D eigenvalue weighted by atomic mass is 32.1. The summed E-state index contributed by atoms with van der Waals surface area (Å²) in [5, 5.41) is 2.84. The quantitative estimate of drug-likeness (QED) is 0.635. The highest BCUT2D eigenvalue weighted by Gasteiger charge is 2.07. The van der Waals surface area contributed by atoms with Gasteiger partial charge in [0.05, 0.1) is 11.4 Å². The Morgan fingerprint density at radius 3 is 2.65 bits per heavy atom. The molecule has 0 saturated carbocycles. The third-order valence-electron chi connectivity index (χ3n) is 2.77. The van der Waals surface area contributed by atoms with Crippen molar-refractivity contribution in [1.29, 1.82) is 0 Å². The van der Waals surface area contributed by atoms with Crippen LogP contribution in [0.5, 0.6) is 5.75 Å². The number of nitrogen functional groups attached to an aromatic ring is 1. The topological polar surface area (TPSA) is 64.3 Å². The molecule has 1 heterocycles. The number of anilines is 1. The minimum absolute atomic E-state index is 0.0457. The van der Waals surface area contributed by atoms with E-state index in [0.717, 1.165) is 17.0 Å². The van der Waals surface area contributed by atoms with Crippen LogP contribution >= 0.6 is 11.3 Å². The second kappa shape index (κ2) is 6.96. The van der Waals surface area contributed by atoms with Crippen LogP contribution in [0.1, 0.15) is 21.5 Å². The Labute approximate surface area is 122 Å². The molecule has 2 rings (SSSR count). The molecule has 20 heavy (non-hydrogen) atoms. The average Bonchev–Trinajstić information content (AvgIpc) is 2.94. The zero-order valence-corrected chi connectivity index (χ0v) is 12.2. The maximum absolute atomic E-state index is 11.9. The van der Waals surface area contributed by atoms with Crippen molar-refractivity contribution in [1.82, 2.24) is 5.32 Å². The van der Waals surface area contributed by atoms with Crippen LogP contribution in [0.2, 0.25) is 0 Å². The van der Waals surface area contributed by atoms with Gasteiger partial charge in [-0.2, -0.15) is 0 Å². The van der Waals surface area contributed by atoms with Crippen LogP contribution in [-0.4, -0.2) is 19.1 Å². The van der Waals surface area contributed by atoms with E-state index in [9.17, 15) is 4.79 Å². The fourth-order valence-electron chi connectivity index (χ4n) is 1.67. The molecule has 0 saturated heterocycles. The van der Waals surface area contributed by atoms with Crippen molar-refractivity contribution in [2.24, 2.45) is 0 Å². The zero-order valence-electron chi connectivity index (χ0n) is 11.4. The van der Waals surface area contributed by atoms with E-state index >= 15 is 0 Å². The van der Waals surface area contributed by atoms with Gasteiger partial charge in [0.15, 0.2) is 0 Å². The van der Waals surface area contributed by atoms with E-state index in [0.29, 0.717) is 18.8 Å². The molecule has 1 amide bonds. The van der Waals surface area contributed by atoms with Crippen molar-refractivity contribution in [3.63, 3.8) is 0 Å². The molecule has 1 aromatic heterocycles.